The van der Waals surface area contributed by atoms with E-state index in [0.29, 0.717) is 11.7 Å². The lowest BCUT2D eigenvalue weighted by atomic mass is 10.0. The number of H-pyrrole nitrogens is 1. The molecule has 0 aliphatic heterocycles. The summed E-state index contributed by atoms with van der Waals surface area (Å²) in [6, 6.07) is -0.0926. The molecule has 0 bridgehead atoms. The van der Waals surface area contributed by atoms with Crippen LogP contribution in [0, 0.1) is 5.92 Å². The zero-order valence-corrected chi connectivity index (χ0v) is 7.97. The van der Waals surface area contributed by atoms with Gasteiger partial charge < -0.3 is 5.73 Å². The third kappa shape index (κ3) is 2.46. The van der Waals surface area contributed by atoms with Crippen molar-refractivity contribution in [1.29, 1.82) is 0 Å². The fourth-order valence-electron chi connectivity index (χ4n) is 1.04. The summed E-state index contributed by atoms with van der Waals surface area (Å²) in [5.41, 5.74) is 5.82. The number of nitrogens with two attached hydrogens (primary N) is 1. The normalized spacial score (nSPS) is 13.8. The highest BCUT2D eigenvalue weighted by atomic mass is 35.5. The van der Waals surface area contributed by atoms with Crippen molar-refractivity contribution < 1.29 is 0 Å². The summed E-state index contributed by atoms with van der Waals surface area (Å²) in [5, 5.41) is 6.61. The van der Waals surface area contributed by atoms with Gasteiger partial charge in [-0.05, 0) is 23.9 Å². The first-order valence-corrected chi connectivity index (χ1v) is 4.30. The molecule has 1 rings (SSSR count). The van der Waals surface area contributed by atoms with Crippen molar-refractivity contribution in [2.45, 2.75) is 26.3 Å². The maximum absolute atomic E-state index is 5.82. The second kappa shape index (κ2) is 3.87. The predicted molar refractivity (Wildman–Crippen MR) is 47.8 cm³/mol. The minimum Gasteiger partial charge on any atom is -0.321 e. The topological polar surface area (TPSA) is 67.6 Å². The van der Waals surface area contributed by atoms with Crippen LogP contribution in [-0.2, 0) is 0 Å². The molecular weight excluding hydrogens is 176 g/mol. The van der Waals surface area contributed by atoms with Gasteiger partial charge in [-0.3, -0.25) is 5.10 Å². The van der Waals surface area contributed by atoms with E-state index in [9.17, 15) is 0 Å². The molecule has 68 valence electrons. The van der Waals surface area contributed by atoms with Gasteiger partial charge in [-0.2, -0.15) is 0 Å². The number of rotatable bonds is 3. The predicted octanol–water partition coefficient (Wildman–Crippen LogP) is 1.50. The average molecular weight is 189 g/mol. The first kappa shape index (κ1) is 9.48. The van der Waals surface area contributed by atoms with E-state index in [4.69, 9.17) is 17.3 Å². The molecule has 3 N–H and O–H groups in total. The summed E-state index contributed by atoms with van der Waals surface area (Å²) in [7, 11) is 0. The van der Waals surface area contributed by atoms with Crippen LogP contribution in [0.3, 0.4) is 0 Å². The van der Waals surface area contributed by atoms with Gasteiger partial charge >= 0.3 is 0 Å². The maximum Gasteiger partial charge on any atom is 0.242 e. The lowest BCUT2D eigenvalue weighted by Gasteiger charge is -2.09. The van der Waals surface area contributed by atoms with Gasteiger partial charge in [0.25, 0.3) is 0 Å². The lowest BCUT2D eigenvalue weighted by molar-refractivity contribution is 0.494. The number of hydrogen-bond acceptors (Lipinski definition) is 3. The molecule has 0 saturated carbocycles. The first-order valence-electron chi connectivity index (χ1n) is 3.93. The number of aromatic nitrogens is 3. The standard InChI is InChI=1S/C7H13ClN4/c1-4(2)3-5(9)6-10-7(8)12-11-6/h4-5H,3,9H2,1-2H3,(H,10,11,12)/t5-/m1/s1. The van der Waals surface area contributed by atoms with Crippen LogP contribution in [0.4, 0.5) is 0 Å². The molecule has 0 aliphatic carbocycles. The second-order valence-electron chi connectivity index (χ2n) is 3.23. The minimum atomic E-state index is -0.0926. The SMILES string of the molecule is CC(C)C[C@@H](N)c1nc(Cl)n[nH]1. The molecule has 12 heavy (non-hydrogen) atoms. The Morgan fingerprint density at radius 2 is 2.25 bits per heavy atom. The van der Waals surface area contributed by atoms with Crippen molar-refractivity contribution in [2.24, 2.45) is 11.7 Å². The van der Waals surface area contributed by atoms with E-state index < -0.39 is 0 Å². The minimum absolute atomic E-state index is 0.0926. The van der Waals surface area contributed by atoms with Crippen molar-refractivity contribution in [1.82, 2.24) is 15.2 Å². The molecule has 5 heteroatoms. The van der Waals surface area contributed by atoms with Crippen LogP contribution < -0.4 is 5.73 Å². The first-order chi connectivity index (χ1) is 5.59. The molecule has 0 radical (unpaired) electrons. The van der Waals surface area contributed by atoms with Crippen LogP contribution in [0.15, 0.2) is 0 Å². The van der Waals surface area contributed by atoms with E-state index in [1.807, 2.05) is 0 Å². The quantitative estimate of drug-likeness (QED) is 0.756. The Bertz CT molecular complexity index is 245. The number of aromatic amines is 1. The Balaban J connectivity index is 2.58. The molecule has 1 heterocycles. The zero-order valence-electron chi connectivity index (χ0n) is 7.21. The van der Waals surface area contributed by atoms with E-state index in [1.54, 1.807) is 0 Å². The Labute approximate surface area is 76.5 Å². The lowest BCUT2D eigenvalue weighted by Crippen LogP contribution is -2.14. The summed E-state index contributed by atoms with van der Waals surface area (Å²) in [6.45, 7) is 4.22. The molecule has 0 amide bonds. The molecule has 0 aliphatic rings. The molecule has 1 atom stereocenters. The number of hydrogen-bond donors (Lipinski definition) is 2. The maximum atomic E-state index is 5.82. The second-order valence-corrected chi connectivity index (χ2v) is 3.56. The summed E-state index contributed by atoms with van der Waals surface area (Å²) < 4.78 is 0. The molecule has 0 saturated heterocycles. The van der Waals surface area contributed by atoms with Gasteiger partial charge in [0.1, 0.15) is 5.82 Å². The molecule has 0 aromatic carbocycles. The highest BCUT2D eigenvalue weighted by Gasteiger charge is 2.11. The number of halogens is 1. The van der Waals surface area contributed by atoms with Crippen LogP contribution in [0.2, 0.25) is 5.28 Å². The average Bonchev–Trinajstić information content (AvgIpc) is 2.34. The van der Waals surface area contributed by atoms with Crippen molar-refractivity contribution in [3.63, 3.8) is 0 Å². The molecule has 1 aromatic rings. The van der Waals surface area contributed by atoms with E-state index in [2.05, 4.69) is 29.0 Å². The molecule has 4 nitrogen and oxygen atoms in total. The van der Waals surface area contributed by atoms with E-state index in [1.165, 1.54) is 0 Å². The Morgan fingerprint density at radius 1 is 1.58 bits per heavy atom. The molecule has 0 spiro atoms. The van der Waals surface area contributed by atoms with Crippen LogP contribution in [-0.4, -0.2) is 15.2 Å². The van der Waals surface area contributed by atoms with Crippen LogP contribution in [0.25, 0.3) is 0 Å². The molecule has 0 unspecified atom stereocenters. The van der Waals surface area contributed by atoms with Crippen molar-refractivity contribution in [3.8, 4) is 0 Å². The van der Waals surface area contributed by atoms with Gasteiger partial charge in [0.05, 0.1) is 6.04 Å². The monoisotopic (exact) mass is 188 g/mol. The molecule has 0 fully saturated rings. The van der Waals surface area contributed by atoms with E-state index in [-0.39, 0.29) is 11.3 Å². The van der Waals surface area contributed by atoms with Gasteiger partial charge in [0, 0.05) is 0 Å². The smallest absolute Gasteiger partial charge is 0.242 e. The van der Waals surface area contributed by atoms with Crippen molar-refractivity contribution in [2.75, 3.05) is 0 Å². The third-order valence-electron chi connectivity index (χ3n) is 1.55. The number of nitrogens with zero attached hydrogens (tertiary/aromatic N) is 2. The summed E-state index contributed by atoms with van der Waals surface area (Å²) >= 11 is 5.53. The summed E-state index contributed by atoms with van der Waals surface area (Å²) in [4.78, 5) is 3.94. The van der Waals surface area contributed by atoms with Gasteiger partial charge in [-0.15, -0.1) is 5.10 Å². The highest BCUT2D eigenvalue weighted by molar-refractivity contribution is 6.28. The third-order valence-corrected chi connectivity index (χ3v) is 1.72. The fraction of sp³-hybridized carbons (Fsp3) is 0.714. The van der Waals surface area contributed by atoms with Gasteiger partial charge in [-0.25, -0.2) is 4.98 Å². The largest absolute Gasteiger partial charge is 0.321 e. The van der Waals surface area contributed by atoms with E-state index >= 15 is 0 Å². The molecular formula is C7H13ClN4. The highest BCUT2D eigenvalue weighted by Crippen LogP contribution is 2.15. The summed E-state index contributed by atoms with van der Waals surface area (Å²) in [5.74, 6) is 1.21. The van der Waals surface area contributed by atoms with Crippen molar-refractivity contribution >= 4 is 11.6 Å². The van der Waals surface area contributed by atoms with Gasteiger partial charge in [0.15, 0.2) is 0 Å². The van der Waals surface area contributed by atoms with Crippen LogP contribution in [0.5, 0.6) is 0 Å². The van der Waals surface area contributed by atoms with Crippen molar-refractivity contribution in [3.05, 3.63) is 11.1 Å². The Morgan fingerprint density at radius 3 is 2.67 bits per heavy atom. The van der Waals surface area contributed by atoms with Crippen LogP contribution >= 0.6 is 11.6 Å². The van der Waals surface area contributed by atoms with Gasteiger partial charge in [0.2, 0.25) is 5.28 Å². The fourth-order valence-corrected chi connectivity index (χ4v) is 1.17. The zero-order chi connectivity index (χ0) is 9.14. The Hall–Kier alpha value is -0.610. The summed E-state index contributed by atoms with van der Waals surface area (Å²) in [6.07, 6.45) is 0.880. The van der Waals surface area contributed by atoms with E-state index in [0.717, 1.165) is 6.42 Å². The number of nitrogens with one attached hydrogen (secondary N) is 1. The molecule has 1 aromatic heterocycles. The van der Waals surface area contributed by atoms with Crippen LogP contribution in [0.1, 0.15) is 32.1 Å². The Kier molecular flexibility index (Phi) is 3.05. The van der Waals surface area contributed by atoms with Gasteiger partial charge in [-0.1, -0.05) is 13.8 Å².